The third kappa shape index (κ3) is 6.87. The summed E-state index contributed by atoms with van der Waals surface area (Å²) in [5, 5.41) is 8.62. The van der Waals surface area contributed by atoms with E-state index in [0.717, 1.165) is 28.9 Å². The van der Waals surface area contributed by atoms with Gasteiger partial charge in [-0.25, -0.2) is 0 Å². The Bertz CT molecular complexity index is 812. The van der Waals surface area contributed by atoms with Crippen LogP contribution in [0.3, 0.4) is 0 Å². The molecule has 4 nitrogen and oxygen atoms in total. The smallest absolute Gasteiger partial charge is 0.304 e. The number of aldehydes is 1. The summed E-state index contributed by atoms with van der Waals surface area (Å²) < 4.78 is 5.81. The average Bonchev–Trinajstić information content (AvgIpc) is 2.66. The van der Waals surface area contributed by atoms with Crippen molar-refractivity contribution in [2.24, 2.45) is 0 Å². The van der Waals surface area contributed by atoms with Gasteiger partial charge in [-0.05, 0) is 41.5 Å². The molecule has 6 heteroatoms. The molecule has 0 aliphatic carbocycles. The zero-order chi connectivity index (χ0) is 18.8. The van der Waals surface area contributed by atoms with Crippen molar-refractivity contribution in [2.45, 2.75) is 18.8 Å². The van der Waals surface area contributed by atoms with E-state index < -0.39 is 5.97 Å². The molecule has 0 aliphatic heterocycles. The van der Waals surface area contributed by atoms with Gasteiger partial charge in [-0.2, -0.15) is 0 Å². The number of carboxylic acid groups (broad SMARTS) is 1. The SMILES string of the molecule is C#Cc1cc(C=O)cc(COc2cccc(CSSCCC(=O)O)c2)c1. The lowest BCUT2D eigenvalue weighted by molar-refractivity contribution is -0.136. The summed E-state index contributed by atoms with van der Waals surface area (Å²) in [4.78, 5) is 21.5. The van der Waals surface area contributed by atoms with E-state index in [0.29, 0.717) is 23.5 Å². The summed E-state index contributed by atoms with van der Waals surface area (Å²) in [5.74, 6) is 3.84. The summed E-state index contributed by atoms with van der Waals surface area (Å²) in [6.45, 7) is 0.320. The Morgan fingerprint density at radius 3 is 2.77 bits per heavy atom. The van der Waals surface area contributed by atoms with Crippen LogP contribution in [0.2, 0.25) is 0 Å². The van der Waals surface area contributed by atoms with Crippen LogP contribution in [0.4, 0.5) is 0 Å². The zero-order valence-corrected chi connectivity index (χ0v) is 15.6. The molecule has 0 heterocycles. The molecule has 0 saturated heterocycles. The molecule has 0 unspecified atom stereocenters. The summed E-state index contributed by atoms with van der Waals surface area (Å²) in [5.41, 5.74) is 3.12. The van der Waals surface area contributed by atoms with E-state index in [4.69, 9.17) is 16.3 Å². The monoisotopic (exact) mass is 386 g/mol. The lowest BCUT2D eigenvalue weighted by atomic mass is 10.1. The number of rotatable bonds is 10. The van der Waals surface area contributed by atoms with Crippen molar-refractivity contribution in [1.29, 1.82) is 0 Å². The predicted molar refractivity (Wildman–Crippen MR) is 107 cm³/mol. The Morgan fingerprint density at radius 2 is 2.04 bits per heavy atom. The van der Waals surface area contributed by atoms with Gasteiger partial charge in [0.25, 0.3) is 0 Å². The van der Waals surface area contributed by atoms with E-state index in [9.17, 15) is 9.59 Å². The maximum atomic E-state index is 11.0. The van der Waals surface area contributed by atoms with E-state index >= 15 is 0 Å². The summed E-state index contributed by atoms with van der Waals surface area (Å²) in [6, 6.07) is 13.0. The first-order chi connectivity index (χ1) is 12.6. The Labute approximate surface area is 160 Å². The fourth-order valence-corrected chi connectivity index (χ4v) is 4.18. The second-order valence-corrected chi connectivity index (χ2v) is 7.97. The molecule has 2 aromatic rings. The third-order valence-corrected chi connectivity index (χ3v) is 5.67. The van der Waals surface area contributed by atoms with Crippen LogP contribution in [-0.4, -0.2) is 23.1 Å². The summed E-state index contributed by atoms with van der Waals surface area (Å²) in [7, 11) is 3.16. The van der Waals surface area contributed by atoms with Gasteiger partial charge in [0.1, 0.15) is 18.6 Å². The Balaban J connectivity index is 1.89. The first kappa shape index (κ1) is 20.0. The fourth-order valence-electron chi connectivity index (χ4n) is 2.14. The van der Waals surface area contributed by atoms with Crippen LogP contribution in [0.1, 0.15) is 33.5 Å². The van der Waals surface area contributed by atoms with Crippen LogP contribution in [0.15, 0.2) is 42.5 Å². The number of hydrogen-bond acceptors (Lipinski definition) is 5. The largest absolute Gasteiger partial charge is 0.489 e. The van der Waals surface area contributed by atoms with Gasteiger partial charge in [-0.3, -0.25) is 9.59 Å². The third-order valence-electron chi connectivity index (χ3n) is 3.33. The van der Waals surface area contributed by atoms with Gasteiger partial charge in [0.2, 0.25) is 0 Å². The van der Waals surface area contributed by atoms with Crippen LogP contribution in [-0.2, 0) is 17.2 Å². The zero-order valence-electron chi connectivity index (χ0n) is 14.0. The van der Waals surface area contributed by atoms with Crippen LogP contribution in [0.25, 0.3) is 0 Å². The minimum Gasteiger partial charge on any atom is -0.489 e. The minimum atomic E-state index is -0.778. The van der Waals surface area contributed by atoms with Gasteiger partial charge in [0.05, 0.1) is 6.42 Å². The number of terminal acetylenes is 1. The number of ether oxygens (including phenoxy) is 1. The molecule has 0 amide bonds. The molecule has 134 valence electrons. The van der Waals surface area contributed by atoms with Crippen molar-refractivity contribution < 1.29 is 19.4 Å². The normalized spacial score (nSPS) is 10.1. The number of carboxylic acids is 1. The highest BCUT2D eigenvalue weighted by Gasteiger charge is 2.03. The predicted octanol–water partition coefficient (Wildman–Crippen LogP) is 4.42. The maximum Gasteiger partial charge on any atom is 0.304 e. The molecule has 0 aliphatic rings. The van der Waals surface area contributed by atoms with Crippen molar-refractivity contribution in [3.05, 3.63) is 64.7 Å². The van der Waals surface area contributed by atoms with Crippen molar-refractivity contribution >= 4 is 33.8 Å². The van der Waals surface area contributed by atoms with Gasteiger partial charge in [0, 0.05) is 22.6 Å². The lowest BCUT2D eigenvalue weighted by Crippen LogP contribution is -1.98. The highest BCUT2D eigenvalue weighted by molar-refractivity contribution is 8.76. The van der Waals surface area contributed by atoms with Crippen molar-refractivity contribution in [3.8, 4) is 18.1 Å². The van der Waals surface area contributed by atoms with E-state index in [-0.39, 0.29) is 6.42 Å². The maximum absolute atomic E-state index is 11.0. The van der Waals surface area contributed by atoms with Crippen LogP contribution in [0.5, 0.6) is 5.75 Å². The van der Waals surface area contributed by atoms with Crippen molar-refractivity contribution in [1.82, 2.24) is 0 Å². The van der Waals surface area contributed by atoms with E-state index in [1.54, 1.807) is 33.7 Å². The molecule has 2 rings (SSSR count). The molecule has 0 fully saturated rings. The average molecular weight is 386 g/mol. The standard InChI is InChI=1S/C20H18O4S2/c1-2-15-8-17(12-21)10-18(9-15)13-24-19-5-3-4-16(11-19)14-26-25-7-6-20(22)23/h1,3-5,8-12H,6-7,13-14H2,(H,22,23). The molecule has 0 radical (unpaired) electrons. The molecule has 26 heavy (non-hydrogen) atoms. The number of carbonyl (C=O) groups is 2. The summed E-state index contributed by atoms with van der Waals surface area (Å²) >= 11 is 0. The first-order valence-electron chi connectivity index (χ1n) is 7.84. The quantitative estimate of drug-likeness (QED) is 0.282. The molecule has 0 atom stereocenters. The van der Waals surface area contributed by atoms with Gasteiger partial charge in [-0.15, -0.1) is 6.42 Å². The van der Waals surface area contributed by atoms with Crippen LogP contribution in [0, 0.1) is 12.3 Å². The van der Waals surface area contributed by atoms with Gasteiger partial charge in [0.15, 0.2) is 0 Å². The molecule has 0 aromatic heterocycles. The van der Waals surface area contributed by atoms with Crippen molar-refractivity contribution in [3.63, 3.8) is 0 Å². The molecule has 0 saturated carbocycles. The molecular formula is C20H18O4S2. The Kier molecular flexibility index (Phi) is 8.13. The second-order valence-electron chi connectivity index (χ2n) is 5.39. The van der Waals surface area contributed by atoms with Gasteiger partial charge < -0.3 is 9.84 Å². The van der Waals surface area contributed by atoms with E-state index in [1.165, 1.54) is 0 Å². The highest BCUT2D eigenvalue weighted by atomic mass is 33.1. The first-order valence-corrected chi connectivity index (χ1v) is 10.3. The Morgan fingerprint density at radius 1 is 1.19 bits per heavy atom. The number of benzene rings is 2. The van der Waals surface area contributed by atoms with Crippen LogP contribution >= 0.6 is 21.6 Å². The van der Waals surface area contributed by atoms with Gasteiger partial charge in [-0.1, -0.05) is 39.6 Å². The molecule has 0 spiro atoms. The number of hydrogen-bond donors (Lipinski definition) is 1. The Hall–Kier alpha value is -2.36. The van der Waals surface area contributed by atoms with Gasteiger partial charge >= 0.3 is 5.97 Å². The lowest BCUT2D eigenvalue weighted by Gasteiger charge is -2.09. The topological polar surface area (TPSA) is 63.6 Å². The minimum absolute atomic E-state index is 0.167. The highest BCUT2D eigenvalue weighted by Crippen LogP contribution is 2.28. The van der Waals surface area contributed by atoms with E-state index in [1.807, 2.05) is 30.3 Å². The molecule has 1 N–H and O–H groups in total. The number of carbonyl (C=O) groups excluding carboxylic acids is 1. The number of aliphatic carboxylic acids is 1. The molecule has 2 aromatic carbocycles. The second kappa shape index (κ2) is 10.6. The molecule has 0 bridgehead atoms. The van der Waals surface area contributed by atoms with Crippen LogP contribution < -0.4 is 4.74 Å². The van der Waals surface area contributed by atoms with E-state index in [2.05, 4.69) is 5.92 Å². The van der Waals surface area contributed by atoms with Crippen molar-refractivity contribution in [2.75, 3.05) is 5.75 Å². The molecular weight excluding hydrogens is 368 g/mol. The fraction of sp³-hybridized carbons (Fsp3) is 0.200. The summed E-state index contributed by atoms with van der Waals surface area (Å²) in [6.07, 6.45) is 6.35.